The molecule has 0 saturated heterocycles. The summed E-state index contributed by atoms with van der Waals surface area (Å²) in [6.07, 6.45) is 0.892. The fraction of sp³-hybridized carbons (Fsp3) is 0.300. The predicted octanol–water partition coefficient (Wildman–Crippen LogP) is 3.48. The van der Waals surface area contributed by atoms with Crippen LogP contribution in [-0.2, 0) is 6.42 Å². The molecule has 0 bridgehead atoms. The lowest BCUT2D eigenvalue weighted by Crippen LogP contribution is -2.00. The zero-order chi connectivity index (χ0) is 9.84. The topological polar surface area (TPSA) is 17.1 Å². The number of carbonyl (C=O) groups is 1. The Bertz CT molecular complexity index is 323. The van der Waals surface area contributed by atoms with E-state index in [9.17, 15) is 4.79 Å². The largest absolute Gasteiger partial charge is 0.293 e. The van der Waals surface area contributed by atoms with Crippen molar-refractivity contribution in [1.29, 1.82) is 0 Å². The minimum absolute atomic E-state index is 0.0669. The SMILES string of the molecule is CCc1cc(Cl)cc(C(=O)CBr)c1. The Hall–Kier alpha value is -0.340. The van der Waals surface area contributed by atoms with Gasteiger partial charge < -0.3 is 0 Å². The smallest absolute Gasteiger partial charge is 0.173 e. The number of carbonyl (C=O) groups excluding carboxylic acids is 1. The quantitative estimate of drug-likeness (QED) is 0.601. The van der Waals surface area contributed by atoms with Crippen LogP contribution in [0.3, 0.4) is 0 Å². The molecule has 1 aromatic rings. The van der Waals surface area contributed by atoms with Crippen LogP contribution in [0.2, 0.25) is 5.02 Å². The molecule has 0 saturated carbocycles. The van der Waals surface area contributed by atoms with Crippen molar-refractivity contribution in [2.75, 3.05) is 5.33 Å². The lowest BCUT2D eigenvalue weighted by atomic mass is 10.1. The van der Waals surface area contributed by atoms with E-state index in [2.05, 4.69) is 15.9 Å². The van der Waals surface area contributed by atoms with E-state index >= 15 is 0 Å². The van der Waals surface area contributed by atoms with Gasteiger partial charge in [-0.3, -0.25) is 4.79 Å². The summed E-state index contributed by atoms with van der Waals surface area (Å²) < 4.78 is 0. The molecule has 0 aliphatic heterocycles. The van der Waals surface area contributed by atoms with Gasteiger partial charge in [0.25, 0.3) is 0 Å². The molecular weight excluding hydrogens is 251 g/mol. The maximum absolute atomic E-state index is 11.3. The highest BCUT2D eigenvalue weighted by Crippen LogP contribution is 2.16. The van der Waals surface area contributed by atoms with Crippen molar-refractivity contribution in [1.82, 2.24) is 0 Å². The van der Waals surface area contributed by atoms with E-state index in [-0.39, 0.29) is 5.78 Å². The molecule has 0 aliphatic carbocycles. The van der Waals surface area contributed by atoms with Crippen LogP contribution in [-0.4, -0.2) is 11.1 Å². The van der Waals surface area contributed by atoms with Gasteiger partial charge in [0.2, 0.25) is 0 Å². The van der Waals surface area contributed by atoms with Gasteiger partial charge in [0.1, 0.15) is 0 Å². The Morgan fingerprint density at radius 3 is 2.69 bits per heavy atom. The van der Waals surface area contributed by atoms with Crippen LogP contribution < -0.4 is 0 Å². The lowest BCUT2D eigenvalue weighted by Gasteiger charge is -2.02. The molecule has 0 spiro atoms. The van der Waals surface area contributed by atoms with E-state index in [4.69, 9.17) is 11.6 Å². The number of Topliss-reactive ketones (excluding diaryl/α,β-unsaturated/α-hetero) is 1. The van der Waals surface area contributed by atoms with E-state index in [0.717, 1.165) is 12.0 Å². The van der Waals surface area contributed by atoms with Gasteiger partial charge in [0.15, 0.2) is 5.78 Å². The normalized spacial score (nSPS) is 10.1. The first-order chi connectivity index (χ1) is 6.17. The summed E-state index contributed by atoms with van der Waals surface area (Å²) in [6.45, 7) is 2.04. The minimum atomic E-state index is 0.0669. The van der Waals surface area contributed by atoms with Crippen molar-refractivity contribution >= 4 is 33.3 Å². The molecule has 1 rings (SSSR count). The number of halogens is 2. The number of ketones is 1. The third-order valence-corrected chi connectivity index (χ3v) is 2.54. The zero-order valence-electron chi connectivity index (χ0n) is 7.31. The Balaban J connectivity index is 3.08. The molecule has 0 aromatic heterocycles. The summed E-state index contributed by atoms with van der Waals surface area (Å²) in [7, 11) is 0. The summed E-state index contributed by atoms with van der Waals surface area (Å²) in [6, 6.07) is 5.46. The second-order valence-corrected chi connectivity index (χ2v) is 3.76. The third-order valence-electron chi connectivity index (χ3n) is 1.81. The van der Waals surface area contributed by atoms with Crippen molar-refractivity contribution in [3.05, 3.63) is 34.3 Å². The van der Waals surface area contributed by atoms with Crippen LogP contribution in [0, 0.1) is 0 Å². The number of hydrogen-bond acceptors (Lipinski definition) is 1. The third kappa shape index (κ3) is 2.82. The molecule has 1 aromatic carbocycles. The van der Waals surface area contributed by atoms with E-state index in [1.54, 1.807) is 6.07 Å². The first-order valence-electron chi connectivity index (χ1n) is 4.06. The minimum Gasteiger partial charge on any atom is -0.293 e. The van der Waals surface area contributed by atoms with Crippen molar-refractivity contribution in [3.8, 4) is 0 Å². The van der Waals surface area contributed by atoms with Crippen LogP contribution >= 0.6 is 27.5 Å². The van der Waals surface area contributed by atoms with Crippen molar-refractivity contribution in [2.45, 2.75) is 13.3 Å². The number of aryl methyl sites for hydroxylation is 1. The maximum atomic E-state index is 11.3. The molecule has 1 nitrogen and oxygen atoms in total. The van der Waals surface area contributed by atoms with E-state index < -0.39 is 0 Å². The molecule has 0 amide bonds. The fourth-order valence-electron chi connectivity index (χ4n) is 1.09. The fourth-order valence-corrected chi connectivity index (χ4v) is 1.67. The highest BCUT2D eigenvalue weighted by molar-refractivity contribution is 9.09. The molecule has 0 N–H and O–H groups in total. The molecule has 0 fully saturated rings. The van der Waals surface area contributed by atoms with Gasteiger partial charge in [-0.25, -0.2) is 0 Å². The number of benzene rings is 1. The van der Waals surface area contributed by atoms with Gasteiger partial charge in [-0.1, -0.05) is 34.5 Å². The van der Waals surface area contributed by atoms with Crippen molar-refractivity contribution in [2.24, 2.45) is 0 Å². The Morgan fingerprint density at radius 1 is 1.46 bits per heavy atom. The molecule has 0 radical (unpaired) electrons. The van der Waals surface area contributed by atoms with Crippen LogP contribution in [0.4, 0.5) is 0 Å². The molecule has 70 valence electrons. The summed E-state index contributed by atoms with van der Waals surface area (Å²) in [5, 5.41) is 0.972. The van der Waals surface area contributed by atoms with Crippen LogP contribution in [0.25, 0.3) is 0 Å². The molecule has 0 atom stereocenters. The molecule has 0 aliphatic rings. The molecule has 0 heterocycles. The second kappa shape index (κ2) is 4.77. The van der Waals surface area contributed by atoms with Gasteiger partial charge in [0.05, 0.1) is 5.33 Å². The molecule has 3 heteroatoms. The standard InChI is InChI=1S/C10H10BrClO/c1-2-7-3-8(10(13)6-11)5-9(12)4-7/h3-5H,2,6H2,1H3. The molecule has 13 heavy (non-hydrogen) atoms. The first kappa shape index (κ1) is 10.7. The van der Waals surface area contributed by atoms with Gasteiger partial charge >= 0.3 is 0 Å². The van der Waals surface area contributed by atoms with Gasteiger partial charge in [0, 0.05) is 10.6 Å². The number of rotatable bonds is 3. The van der Waals surface area contributed by atoms with Crippen molar-refractivity contribution in [3.63, 3.8) is 0 Å². The summed E-state index contributed by atoms with van der Waals surface area (Å²) in [5.74, 6) is 0.0669. The van der Waals surface area contributed by atoms with Crippen molar-refractivity contribution < 1.29 is 4.79 Å². The van der Waals surface area contributed by atoms with E-state index in [0.29, 0.717) is 15.9 Å². The maximum Gasteiger partial charge on any atom is 0.173 e. The average molecular weight is 262 g/mol. The monoisotopic (exact) mass is 260 g/mol. The summed E-state index contributed by atoms with van der Waals surface area (Å²) >= 11 is 8.99. The molecular formula is C10H10BrClO. The highest BCUT2D eigenvalue weighted by atomic mass is 79.9. The van der Waals surface area contributed by atoms with Gasteiger partial charge in [-0.2, -0.15) is 0 Å². The van der Waals surface area contributed by atoms with Crippen LogP contribution in [0.5, 0.6) is 0 Å². The number of alkyl halides is 1. The Kier molecular flexibility index (Phi) is 3.94. The second-order valence-electron chi connectivity index (χ2n) is 2.76. The first-order valence-corrected chi connectivity index (χ1v) is 5.56. The van der Waals surface area contributed by atoms with Gasteiger partial charge in [-0.05, 0) is 30.2 Å². The predicted molar refractivity (Wildman–Crippen MR) is 59.0 cm³/mol. The Labute approximate surface area is 91.2 Å². The lowest BCUT2D eigenvalue weighted by molar-refractivity contribution is 0.102. The van der Waals surface area contributed by atoms with E-state index in [1.165, 1.54) is 0 Å². The summed E-state index contributed by atoms with van der Waals surface area (Å²) in [5.41, 5.74) is 1.78. The summed E-state index contributed by atoms with van der Waals surface area (Å²) in [4.78, 5) is 11.3. The molecule has 0 unspecified atom stereocenters. The highest BCUT2D eigenvalue weighted by Gasteiger charge is 2.05. The van der Waals surface area contributed by atoms with E-state index in [1.807, 2.05) is 19.1 Å². The number of hydrogen-bond donors (Lipinski definition) is 0. The Morgan fingerprint density at radius 2 is 2.15 bits per heavy atom. The van der Waals surface area contributed by atoms with Crippen LogP contribution in [0.1, 0.15) is 22.8 Å². The zero-order valence-corrected chi connectivity index (χ0v) is 9.65. The van der Waals surface area contributed by atoms with Crippen LogP contribution in [0.15, 0.2) is 18.2 Å². The van der Waals surface area contributed by atoms with Gasteiger partial charge in [-0.15, -0.1) is 0 Å². The average Bonchev–Trinajstić information content (AvgIpc) is 2.15.